The van der Waals surface area contributed by atoms with Crippen LogP contribution >= 0.6 is 0 Å². The number of aromatic nitrogens is 3. The van der Waals surface area contributed by atoms with E-state index < -0.39 is 0 Å². The summed E-state index contributed by atoms with van der Waals surface area (Å²) in [7, 11) is 0. The number of rotatable bonds is 7. The minimum Gasteiger partial charge on any atom is -0.333 e. The van der Waals surface area contributed by atoms with Gasteiger partial charge in [-0.1, -0.05) is 59.8 Å². The second-order valence-electron chi connectivity index (χ2n) is 12.3. The van der Waals surface area contributed by atoms with Gasteiger partial charge in [0.05, 0.1) is 18.1 Å². The van der Waals surface area contributed by atoms with Crippen LogP contribution in [0.5, 0.6) is 0 Å². The van der Waals surface area contributed by atoms with Gasteiger partial charge in [0.25, 0.3) is 0 Å². The van der Waals surface area contributed by atoms with E-state index >= 15 is 0 Å². The molecule has 4 aromatic rings. The van der Waals surface area contributed by atoms with Crippen molar-refractivity contribution in [2.24, 2.45) is 5.92 Å². The quantitative estimate of drug-likeness (QED) is 0.303. The fraction of sp³-hybridized carbons (Fsp3) is 0.353. The van der Waals surface area contributed by atoms with Crippen molar-refractivity contribution in [3.63, 3.8) is 0 Å². The lowest BCUT2D eigenvalue weighted by Crippen LogP contribution is -2.50. The summed E-state index contributed by atoms with van der Waals surface area (Å²) < 4.78 is 1.76. The van der Waals surface area contributed by atoms with E-state index in [0.717, 1.165) is 29.7 Å². The van der Waals surface area contributed by atoms with E-state index in [1.165, 1.54) is 22.3 Å². The van der Waals surface area contributed by atoms with E-state index in [4.69, 9.17) is 0 Å². The Morgan fingerprint density at radius 1 is 1.00 bits per heavy atom. The van der Waals surface area contributed by atoms with E-state index in [1.54, 1.807) is 10.9 Å². The van der Waals surface area contributed by atoms with E-state index in [9.17, 15) is 9.59 Å². The van der Waals surface area contributed by atoms with Gasteiger partial charge in [0.15, 0.2) is 0 Å². The number of benzene rings is 3. The molecule has 2 aliphatic rings. The van der Waals surface area contributed by atoms with Gasteiger partial charge in [0.1, 0.15) is 5.78 Å². The maximum atomic E-state index is 13.2. The largest absolute Gasteiger partial charge is 0.333 e. The summed E-state index contributed by atoms with van der Waals surface area (Å²) in [5, 5.41) is 11.2. The molecule has 1 unspecified atom stereocenters. The summed E-state index contributed by atoms with van der Waals surface area (Å²) in [4.78, 5) is 28.3. The molecule has 6 rings (SSSR count). The van der Waals surface area contributed by atoms with E-state index in [2.05, 4.69) is 52.0 Å². The third-order valence-corrected chi connectivity index (χ3v) is 8.19. The van der Waals surface area contributed by atoms with E-state index in [-0.39, 0.29) is 17.5 Å². The van der Waals surface area contributed by atoms with Crippen molar-refractivity contribution in [3.05, 3.63) is 101 Å². The van der Waals surface area contributed by atoms with Crippen molar-refractivity contribution in [1.82, 2.24) is 25.2 Å². The molecule has 1 N–H and O–H groups in total. The first kappa shape index (κ1) is 26.9. The number of fused-ring (bicyclic) bond motifs is 1. The molecule has 1 fully saturated rings. The summed E-state index contributed by atoms with van der Waals surface area (Å²) in [6.07, 6.45) is 6.43. The van der Waals surface area contributed by atoms with Crippen molar-refractivity contribution < 1.29 is 9.59 Å². The number of nitrogens with one attached hydrogen (secondary N) is 1. The molecule has 2 heterocycles. The number of hydrogen-bond acceptors (Lipinski definition) is 4. The van der Waals surface area contributed by atoms with Crippen LogP contribution in [0.4, 0.5) is 4.79 Å². The summed E-state index contributed by atoms with van der Waals surface area (Å²) in [6.45, 7) is 7.18. The van der Waals surface area contributed by atoms with Crippen molar-refractivity contribution >= 4 is 11.8 Å². The number of urea groups is 1. The van der Waals surface area contributed by atoms with E-state index in [1.807, 2.05) is 62.2 Å². The van der Waals surface area contributed by atoms with Gasteiger partial charge >= 0.3 is 6.03 Å². The molecule has 3 aromatic carbocycles. The SMILES string of the molecule is CC(C)(C)NC(=O)N1CCc2c(-c3cccc(-n4ccnn4)c3)ccc(CCC(=O)C3C[C@H]3c3ccccc3)c2C1. The molecule has 0 spiro atoms. The normalized spacial score (nSPS) is 18.1. The molecule has 0 bridgehead atoms. The van der Waals surface area contributed by atoms with Crippen molar-refractivity contribution in [2.75, 3.05) is 6.54 Å². The second-order valence-corrected chi connectivity index (χ2v) is 12.3. The first-order valence-electron chi connectivity index (χ1n) is 14.5. The maximum Gasteiger partial charge on any atom is 0.318 e. The highest BCUT2D eigenvalue weighted by Gasteiger charge is 2.43. The van der Waals surface area contributed by atoms with Crippen LogP contribution in [0.2, 0.25) is 0 Å². The van der Waals surface area contributed by atoms with E-state index in [0.29, 0.717) is 37.6 Å². The van der Waals surface area contributed by atoms with Gasteiger partial charge in [-0.2, -0.15) is 0 Å². The Bertz CT molecular complexity index is 1560. The molecule has 41 heavy (non-hydrogen) atoms. The number of ketones is 1. The average Bonchev–Trinajstić information content (AvgIpc) is 3.59. The molecule has 2 amide bonds. The Kier molecular flexibility index (Phi) is 7.20. The molecule has 210 valence electrons. The smallest absolute Gasteiger partial charge is 0.318 e. The van der Waals surface area contributed by atoms with Crippen molar-refractivity contribution in [1.29, 1.82) is 0 Å². The first-order valence-corrected chi connectivity index (χ1v) is 14.5. The monoisotopic (exact) mass is 547 g/mol. The summed E-state index contributed by atoms with van der Waals surface area (Å²) in [6, 6.07) is 23.0. The number of carbonyl (C=O) groups is 2. The Labute approximate surface area is 241 Å². The van der Waals surface area contributed by atoms with Crippen LogP contribution in [0, 0.1) is 5.92 Å². The van der Waals surface area contributed by atoms with Crippen LogP contribution in [0.25, 0.3) is 16.8 Å². The zero-order valence-electron chi connectivity index (χ0n) is 24.0. The predicted octanol–water partition coefficient (Wildman–Crippen LogP) is 6.11. The van der Waals surface area contributed by atoms with Crippen molar-refractivity contribution in [2.45, 2.75) is 64.5 Å². The lowest BCUT2D eigenvalue weighted by molar-refractivity contribution is -0.120. The van der Waals surface area contributed by atoms with Gasteiger partial charge in [0, 0.05) is 31.0 Å². The molecule has 1 aliphatic heterocycles. The molecule has 1 saturated carbocycles. The van der Waals surface area contributed by atoms with Crippen LogP contribution in [0.15, 0.2) is 79.1 Å². The topological polar surface area (TPSA) is 80.1 Å². The zero-order chi connectivity index (χ0) is 28.6. The average molecular weight is 548 g/mol. The highest BCUT2D eigenvalue weighted by Crippen LogP contribution is 2.48. The summed E-state index contributed by atoms with van der Waals surface area (Å²) in [5.74, 6) is 0.824. The fourth-order valence-electron chi connectivity index (χ4n) is 6.04. The molecule has 7 nitrogen and oxygen atoms in total. The number of nitrogens with zero attached hydrogens (tertiary/aromatic N) is 4. The molecule has 1 aromatic heterocycles. The second kappa shape index (κ2) is 11.0. The fourth-order valence-corrected chi connectivity index (χ4v) is 6.04. The van der Waals surface area contributed by atoms with Crippen LogP contribution in [-0.4, -0.2) is 43.8 Å². The van der Waals surface area contributed by atoms with Crippen LogP contribution in [0.3, 0.4) is 0 Å². The standard InChI is InChI=1S/C34H37N5O2/c1-34(2,3)36-33(41)38-18-16-28-27(25-10-7-11-26(20-25)39-19-17-35-37-39)14-12-24(31(28)22-38)13-15-32(40)30-21-29(30)23-8-5-4-6-9-23/h4-12,14,17,19-20,29-30H,13,15-16,18,21-22H2,1-3H3,(H,36,41)/t29-,30?/m0/s1. The maximum absolute atomic E-state index is 13.2. The molecule has 0 saturated heterocycles. The summed E-state index contributed by atoms with van der Waals surface area (Å²) >= 11 is 0. The third kappa shape index (κ3) is 5.94. The Morgan fingerprint density at radius 2 is 1.83 bits per heavy atom. The Balaban J connectivity index is 1.27. The Hall–Kier alpha value is -4.26. The van der Waals surface area contributed by atoms with Crippen LogP contribution < -0.4 is 5.32 Å². The molecule has 2 atom stereocenters. The van der Waals surface area contributed by atoms with Gasteiger partial charge in [-0.15, -0.1) is 5.10 Å². The van der Waals surface area contributed by atoms with Crippen molar-refractivity contribution in [3.8, 4) is 16.8 Å². The number of amides is 2. The lowest BCUT2D eigenvalue weighted by Gasteiger charge is -2.34. The van der Waals surface area contributed by atoms with Gasteiger partial charge in [0.2, 0.25) is 0 Å². The third-order valence-electron chi connectivity index (χ3n) is 8.19. The number of hydrogen-bond donors (Lipinski definition) is 1. The number of Topliss-reactive ketones (excluding diaryl/α,β-unsaturated/α-hetero) is 1. The first-order chi connectivity index (χ1) is 19.8. The summed E-state index contributed by atoms with van der Waals surface area (Å²) in [5.41, 5.74) is 7.77. The molecular formula is C34H37N5O2. The number of aryl methyl sites for hydroxylation is 1. The van der Waals surface area contributed by atoms with Gasteiger partial charge < -0.3 is 10.2 Å². The van der Waals surface area contributed by atoms with Gasteiger partial charge in [-0.25, -0.2) is 9.48 Å². The minimum atomic E-state index is -0.310. The van der Waals surface area contributed by atoms with Gasteiger partial charge in [-0.05, 0) is 91.5 Å². The highest BCUT2D eigenvalue weighted by atomic mass is 16.2. The molecule has 1 aliphatic carbocycles. The zero-order valence-corrected chi connectivity index (χ0v) is 24.0. The molecule has 0 radical (unpaired) electrons. The Morgan fingerprint density at radius 3 is 2.59 bits per heavy atom. The van der Waals surface area contributed by atoms with Crippen LogP contribution in [-0.2, 0) is 24.2 Å². The lowest BCUT2D eigenvalue weighted by atomic mass is 9.86. The van der Waals surface area contributed by atoms with Crippen LogP contribution in [0.1, 0.15) is 61.8 Å². The predicted molar refractivity (Wildman–Crippen MR) is 160 cm³/mol. The molecular weight excluding hydrogens is 510 g/mol. The molecule has 7 heteroatoms. The van der Waals surface area contributed by atoms with Gasteiger partial charge in [-0.3, -0.25) is 4.79 Å². The highest BCUT2D eigenvalue weighted by molar-refractivity contribution is 5.85. The minimum absolute atomic E-state index is 0.0487. The number of carbonyl (C=O) groups excluding carboxylic acids is 2.